The third-order valence-corrected chi connectivity index (χ3v) is 1.18. The van der Waals surface area contributed by atoms with Crippen LogP contribution in [-0.2, 0) is 26.4 Å². The molecule has 0 fully saturated rings. The van der Waals surface area contributed by atoms with Gasteiger partial charge in [-0.05, 0) is 0 Å². The monoisotopic (exact) mass is 187 g/mol. The van der Waals surface area contributed by atoms with Crippen LogP contribution < -0.4 is 0 Å². The van der Waals surface area contributed by atoms with E-state index in [2.05, 4.69) is 0 Å². The Morgan fingerprint density at radius 2 is 1.30 bits per heavy atom. The summed E-state index contributed by atoms with van der Waals surface area (Å²) in [6.07, 6.45) is 1.09. The first-order valence-electron chi connectivity index (χ1n) is 3.24. The Hall–Kier alpha value is -0.154. The van der Waals surface area contributed by atoms with Gasteiger partial charge in [0.05, 0.1) is 6.42 Å². The molecule has 0 aromatic carbocycles. The van der Waals surface area contributed by atoms with Gasteiger partial charge in [0, 0.05) is 29.6 Å². The Morgan fingerprint density at radius 1 is 1.00 bits per heavy atom. The Kier molecular flexibility index (Phi) is 8.71. The maximum Gasteiger partial charge on any atom is 0.139 e. The van der Waals surface area contributed by atoms with E-state index in [0.717, 1.165) is 0 Å². The molecule has 0 aromatic rings. The standard InChI is InChI=1S/C7H12O2.Co/c1-3-6(8)5-7(9)4-2;/h3-5H2,1-2H3;. The van der Waals surface area contributed by atoms with Crippen LogP contribution in [0.3, 0.4) is 0 Å². The molecule has 0 aliphatic carbocycles. The van der Waals surface area contributed by atoms with E-state index in [1.165, 1.54) is 0 Å². The minimum absolute atomic E-state index is 0. The Balaban J connectivity index is 0. The fraction of sp³-hybridized carbons (Fsp3) is 0.714. The Bertz CT molecular complexity index is 107. The molecule has 0 aliphatic heterocycles. The molecule has 10 heavy (non-hydrogen) atoms. The molecule has 2 nitrogen and oxygen atoms in total. The van der Waals surface area contributed by atoms with Gasteiger partial charge in [0.15, 0.2) is 0 Å². The molecule has 61 valence electrons. The van der Waals surface area contributed by atoms with Crippen LogP contribution in [0.2, 0.25) is 0 Å². The average molecular weight is 187 g/mol. The van der Waals surface area contributed by atoms with Gasteiger partial charge in [-0.15, -0.1) is 0 Å². The van der Waals surface area contributed by atoms with Gasteiger partial charge in [-0.3, -0.25) is 9.59 Å². The zero-order valence-electron chi connectivity index (χ0n) is 6.27. The summed E-state index contributed by atoms with van der Waals surface area (Å²) in [4.78, 5) is 21.1. The summed E-state index contributed by atoms with van der Waals surface area (Å²) in [5.41, 5.74) is 0. The molecule has 0 unspecified atom stereocenters. The molecule has 3 heteroatoms. The molecule has 0 bridgehead atoms. The first-order valence-corrected chi connectivity index (χ1v) is 3.24. The second-order valence-electron chi connectivity index (χ2n) is 1.96. The molecule has 0 saturated carbocycles. The van der Waals surface area contributed by atoms with Gasteiger partial charge in [0.1, 0.15) is 11.6 Å². The number of rotatable bonds is 4. The van der Waals surface area contributed by atoms with Crippen molar-refractivity contribution in [2.45, 2.75) is 33.1 Å². The zero-order valence-corrected chi connectivity index (χ0v) is 7.31. The second kappa shape index (κ2) is 6.96. The van der Waals surface area contributed by atoms with Gasteiger partial charge < -0.3 is 0 Å². The summed E-state index contributed by atoms with van der Waals surface area (Å²) >= 11 is 0. The van der Waals surface area contributed by atoms with Gasteiger partial charge in [0.25, 0.3) is 0 Å². The van der Waals surface area contributed by atoms with Gasteiger partial charge >= 0.3 is 0 Å². The van der Waals surface area contributed by atoms with Crippen LogP contribution in [0.4, 0.5) is 0 Å². The van der Waals surface area contributed by atoms with Crippen LogP contribution in [0.1, 0.15) is 33.1 Å². The SMILES string of the molecule is CCC(=O)CC(=O)CC.[Co]. The summed E-state index contributed by atoms with van der Waals surface area (Å²) in [6.45, 7) is 3.54. The van der Waals surface area contributed by atoms with Gasteiger partial charge in [-0.2, -0.15) is 0 Å². The van der Waals surface area contributed by atoms with Gasteiger partial charge in [-0.25, -0.2) is 0 Å². The molecule has 0 atom stereocenters. The summed E-state index contributed by atoms with van der Waals surface area (Å²) in [5.74, 6) is 0.0868. The fourth-order valence-corrected chi connectivity index (χ4v) is 0.470. The molecule has 0 aliphatic rings. The minimum atomic E-state index is 0. The van der Waals surface area contributed by atoms with Crippen molar-refractivity contribution >= 4 is 11.6 Å². The Morgan fingerprint density at radius 3 is 1.50 bits per heavy atom. The van der Waals surface area contributed by atoms with Gasteiger partial charge in [0.2, 0.25) is 0 Å². The fourth-order valence-electron chi connectivity index (χ4n) is 0.470. The topological polar surface area (TPSA) is 34.1 Å². The largest absolute Gasteiger partial charge is 0.299 e. The number of Topliss-reactive ketones (excluding diaryl/α,β-unsaturated/α-hetero) is 2. The van der Waals surface area contributed by atoms with E-state index >= 15 is 0 Å². The van der Waals surface area contributed by atoms with Crippen molar-refractivity contribution in [1.29, 1.82) is 0 Å². The van der Waals surface area contributed by atoms with Gasteiger partial charge in [-0.1, -0.05) is 13.8 Å². The predicted molar refractivity (Wildman–Crippen MR) is 35.2 cm³/mol. The molecule has 0 rings (SSSR count). The molecule has 0 aromatic heterocycles. The average Bonchev–Trinajstić information content (AvgIpc) is 1.87. The number of ketones is 2. The summed E-state index contributed by atoms with van der Waals surface area (Å²) in [5, 5.41) is 0. The zero-order chi connectivity index (χ0) is 7.28. The van der Waals surface area contributed by atoms with Crippen LogP contribution in [0.15, 0.2) is 0 Å². The molecular weight excluding hydrogens is 175 g/mol. The molecule has 0 amide bonds. The molecule has 0 spiro atoms. The first kappa shape index (κ1) is 12.5. The number of carbonyl (C=O) groups is 2. The van der Waals surface area contributed by atoms with Crippen molar-refractivity contribution in [2.75, 3.05) is 0 Å². The molecule has 0 heterocycles. The predicted octanol–water partition coefficient (Wildman–Crippen LogP) is 1.33. The molecule has 1 radical (unpaired) electrons. The van der Waals surface area contributed by atoms with E-state index in [9.17, 15) is 9.59 Å². The van der Waals surface area contributed by atoms with Crippen LogP contribution in [0.5, 0.6) is 0 Å². The second-order valence-corrected chi connectivity index (χ2v) is 1.96. The normalized spacial score (nSPS) is 8.20. The minimum Gasteiger partial charge on any atom is -0.299 e. The van der Waals surface area contributed by atoms with Crippen LogP contribution in [-0.4, -0.2) is 11.6 Å². The van der Waals surface area contributed by atoms with Crippen LogP contribution in [0, 0.1) is 0 Å². The van der Waals surface area contributed by atoms with E-state index in [1.807, 2.05) is 0 Å². The van der Waals surface area contributed by atoms with E-state index in [0.29, 0.717) is 12.8 Å². The number of carbonyl (C=O) groups excluding carboxylic acids is 2. The maximum atomic E-state index is 10.6. The quantitative estimate of drug-likeness (QED) is 0.622. The summed E-state index contributed by atoms with van der Waals surface area (Å²) < 4.78 is 0. The van der Waals surface area contributed by atoms with Crippen molar-refractivity contribution in [2.24, 2.45) is 0 Å². The van der Waals surface area contributed by atoms with Crippen LogP contribution in [0.25, 0.3) is 0 Å². The third-order valence-electron chi connectivity index (χ3n) is 1.18. The third kappa shape index (κ3) is 5.97. The number of hydrogen-bond acceptors (Lipinski definition) is 2. The first-order chi connectivity index (χ1) is 4.20. The van der Waals surface area contributed by atoms with E-state index in [-0.39, 0.29) is 34.8 Å². The maximum absolute atomic E-state index is 10.6. The molecular formula is C7H12CoO2. The van der Waals surface area contributed by atoms with Crippen molar-refractivity contribution < 1.29 is 26.4 Å². The molecule has 0 N–H and O–H groups in total. The van der Waals surface area contributed by atoms with Crippen molar-refractivity contribution in [3.05, 3.63) is 0 Å². The van der Waals surface area contributed by atoms with E-state index < -0.39 is 0 Å². The van der Waals surface area contributed by atoms with Crippen molar-refractivity contribution in [3.63, 3.8) is 0 Å². The van der Waals surface area contributed by atoms with Crippen molar-refractivity contribution in [1.82, 2.24) is 0 Å². The van der Waals surface area contributed by atoms with Crippen molar-refractivity contribution in [3.8, 4) is 0 Å². The molecule has 0 saturated heterocycles. The Labute approximate surface area is 71.6 Å². The van der Waals surface area contributed by atoms with E-state index in [1.54, 1.807) is 13.8 Å². The van der Waals surface area contributed by atoms with E-state index in [4.69, 9.17) is 0 Å². The summed E-state index contributed by atoms with van der Waals surface area (Å²) in [6, 6.07) is 0. The smallest absolute Gasteiger partial charge is 0.139 e. The summed E-state index contributed by atoms with van der Waals surface area (Å²) in [7, 11) is 0. The van der Waals surface area contributed by atoms with Crippen LogP contribution >= 0.6 is 0 Å². The number of hydrogen-bond donors (Lipinski definition) is 0.